The number of nitrogens with one attached hydrogen (secondary N) is 2. The first kappa shape index (κ1) is 20.1. The monoisotopic (exact) mass is 379 g/mol. The van der Waals surface area contributed by atoms with Crippen LogP contribution in [0.15, 0.2) is 42.6 Å². The summed E-state index contributed by atoms with van der Waals surface area (Å²) in [6.07, 6.45) is 7.06. The van der Waals surface area contributed by atoms with E-state index in [0.717, 1.165) is 31.4 Å². The predicted molar refractivity (Wildman–Crippen MR) is 112 cm³/mol. The zero-order valence-corrected chi connectivity index (χ0v) is 16.9. The van der Waals surface area contributed by atoms with Gasteiger partial charge in [-0.2, -0.15) is 0 Å². The Labute approximate surface area is 167 Å². The van der Waals surface area contributed by atoms with Crippen LogP contribution in [0.3, 0.4) is 0 Å². The van der Waals surface area contributed by atoms with E-state index in [2.05, 4.69) is 36.4 Å². The molecule has 0 atom stereocenters. The second-order valence-electron chi connectivity index (χ2n) is 8.52. The van der Waals surface area contributed by atoms with Crippen molar-refractivity contribution in [2.24, 2.45) is 0 Å². The van der Waals surface area contributed by atoms with E-state index < -0.39 is 0 Å². The maximum absolute atomic E-state index is 12.6. The van der Waals surface area contributed by atoms with E-state index in [-0.39, 0.29) is 29.0 Å². The lowest BCUT2D eigenvalue weighted by molar-refractivity contribution is 0.0922. The van der Waals surface area contributed by atoms with Crippen LogP contribution in [0.2, 0.25) is 0 Å². The fourth-order valence-corrected chi connectivity index (χ4v) is 3.46. The molecule has 148 valence electrons. The molecule has 0 saturated heterocycles. The van der Waals surface area contributed by atoms with Gasteiger partial charge in [-0.1, -0.05) is 52.2 Å². The number of carbonyl (C=O) groups excluding carboxylic acids is 2. The molecule has 5 nitrogen and oxygen atoms in total. The van der Waals surface area contributed by atoms with Crippen LogP contribution in [0.5, 0.6) is 0 Å². The number of hydrogen-bond donors (Lipinski definition) is 2. The summed E-state index contributed by atoms with van der Waals surface area (Å²) in [6, 6.07) is 11.2. The highest BCUT2D eigenvalue weighted by molar-refractivity contribution is 6.05. The van der Waals surface area contributed by atoms with Gasteiger partial charge in [0.2, 0.25) is 0 Å². The van der Waals surface area contributed by atoms with Gasteiger partial charge in [0, 0.05) is 23.5 Å². The Morgan fingerprint density at radius 1 is 0.964 bits per heavy atom. The first-order chi connectivity index (χ1) is 13.3. The van der Waals surface area contributed by atoms with Gasteiger partial charge < -0.3 is 10.6 Å². The molecule has 1 aliphatic carbocycles. The summed E-state index contributed by atoms with van der Waals surface area (Å²) < 4.78 is 0. The standard InChI is InChI=1S/C23H29N3O2/c1-23(2,3)17-9-11-19(12-10-17)25-21(27)16-13-14-24-20(15-16)22(28)26-18-7-5-4-6-8-18/h9-15,18H,4-8H2,1-3H3,(H,25,27)(H,26,28). The second kappa shape index (κ2) is 8.55. The van der Waals surface area contributed by atoms with Crippen molar-refractivity contribution in [1.82, 2.24) is 10.3 Å². The zero-order valence-electron chi connectivity index (χ0n) is 16.9. The number of nitrogens with zero attached hydrogens (tertiary/aromatic N) is 1. The number of pyridine rings is 1. The lowest BCUT2D eigenvalue weighted by atomic mass is 9.87. The van der Waals surface area contributed by atoms with E-state index in [1.54, 1.807) is 12.1 Å². The predicted octanol–water partition coefficient (Wildman–Crippen LogP) is 4.69. The molecule has 0 aliphatic heterocycles. The molecule has 1 aromatic heterocycles. The Morgan fingerprint density at radius 3 is 2.29 bits per heavy atom. The lowest BCUT2D eigenvalue weighted by Crippen LogP contribution is -2.36. The van der Waals surface area contributed by atoms with E-state index in [1.165, 1.54) is 18.2 Å². The van der Waals surface area contributed by atoms with Gasteiger partial charge >= 0.3 is 0 Å². The molecule has 0 unspecified atom stereocenters. The molecule has 1 heterocycles. The van der Waals surface area contributed by atoms with Gasteiger partial charge in [-0.15, -0.1) is 0 Å². The van der Waals surface area contributed by atoms with Crippen LogP contribution in [0.1, 0.15) is 79.3 Å². The molecule has 1 aliphatic rings. The first-order valence-corrected chi connectivity index (χ1v) is 10.0. The zero-order chi connectivity index (χ0) is 20.1. The third kappa shape index (κ3) is 5.18. The van der Waals surface area contributed by atoms with Gasteiger partial charge in [0.05, 0.1) is 0 Å². The molecule has 3 rings (SSSR count). The number of amides is 2. The van der Waals surface area contributed by atoms with Gasteiger partial charge in [0.1, 0.15) is 5.69 Å². The topological polar surface area (TPSA) is 71.1 Å². The summed E-state index contributed by atoms with van der Waals surface area (Å²) in [7, 11) is 0. The van der Waals surface area contributed by atoms with Crippen molar-refractivity contribution in [2.75, 3.05) is 5.32 Å². The molecule has 5 heteroatoms. The lowest BCUT2D eigenvalue weighted by Gasteiger charge is -2.22. The van der Waals surface area contributed by atoms with Crippen molar-refractivity contribution in [3.8, 4) is 0 Å². The van der Waals surface area contributed by atoms with Gasteiger partial charge in [-0.25, -0.2) is 0 Å². The van der Waals surface area contributed by atoms with Crippen LogP contribution in [0.25, 0.3) is 0 Å². The van der Waals surface area contributed by atoms with Crippen molar-refractivity contribution in [2.45, 2.75) is 64.3 Å². The Morgan fingerprint density at radius 2 is 1.64 bits per heavy atom. The molecule has 1 fully saturated rings. The van der Waals surface area contributed by atoms with Gasteiger partial charge in [-0.05, 0) is 48.1 Å². The highest BCUT2D eigenvalue weighted by atomic mass is 16.2. The SMILES string of the molecule is CC(C)(C)c1ccc(NC(=O)c2ccnc(C(=O)NC3CCCCC3)c2)cc1. The number of hydrogen-bond acceptors (Lipinski definition) is 3. The smallest absolute Gasteiger partial charge is 0.270 e. The Hall–Kier alpha value is -2.69. The van der Waals surface area contributed by atoms with Crippen molar-refractivity contribution in [3.05, 3.63) is 59.4 Å². The number of rotatable bonds is 4. The van der Waals surface area contributed by atoms with Crippen molar-refractivity contribution in [1.29, 1.82) is 0 Å². The average molecular weight is 380 g/mol. The van der Waals surface area contributed by atoms with Gasteiger partial charge in [0.15, 0.2) is 0 Å². The number of carbonyl (C=O) groups is 2. The van der Waals surface area contributed by atoms with E-state index in [1.807, 2.05) is 24.3 Å². The van der Waals surface area contributed by atoms with Crippen molar-refractivity contribution < 1.29 is 9.59 Å². The maximum atomic E-state index is 12.6. The summed E-state index contributed by atoms with van der Waals surface area (Å²) in [6.45, 7) is 6.45. The molecular formula is C23H29N3O2. The first-order valence-electron chi connectivity index (χ1n) is 10.0. The van der Waals surface area contributed by atoms with E-state index in [0.29, 0.717) is 5.56 Å². The molecule has 0 radical (unpaired) electrons. The van der Waals surface area contributed by atoms with E-state index in [9.17, 15) is 9.59 Å². The molecule has 2 amide bonds. The molecule has 2 aromatic rings. The minimum Gasteiger partial charge on any atom is -0.348 e. The maximum Gasteiger partial charge on any atom is 0.270 e. The third-order valence-corrected chi connectivity index (χ3v) is 5.20. The molecule has 2 N–H and O–H groups in total. The fourth-order valence-electron chi connectivity index (χ4n) is 3.46. The molecular weight excluding hydrogens is 350 g/mol. The Kier molecular flexibility index (Phi) is 6.12. The van der Waals surface area contributed by atoms with Crippen molar-refractivity contribution in [3.63, 3.8) is 0 Å². The highest BCUT2D eigenvalue weighted by Crippen LogP contribution is 2.23. The van der Waals surface area contributed by atoms with Crippen LogP contribution in [0, 0.1) is 0 Å². The minimum absolute atomic E-state index is 0.0637. The average Bonchev–Trinajstić information content (AvgIpc) is 2.68. The Bertz CT molecular complexity index is 832. The van der Waals surface area contributed by atoms with Crippen LogP contribution in [-0.2, 0) is 5.41 Å². The summed E-state index contributed by atoms with van der Waals surface area (Å²) in [5.41, 5.74) is 2.69. The molecule has 28 heavy (non-hydrogen) atoms. The number of anilines is 1. The molecule has 1 saturated carbocycles. The van der Waals surface area contributed by atoms with Crippen molar-refractivity contribution >= 4 is 17.5 Å². The normalized spacial score (nSPS) is 15.1. The quantitative estimate of drug-likeness (QED) is 0.809. The summed E-state index contributed by atoms with van der Waals surface area (Å²) in [5, 5.41) is 5.92. The van der Waals surface area contributed by atoms with Crippen LogP contribution < -0.4 is 10.6 Å². The second-order valence-corrected chi connectivity index (χ2v) is 8.52. The third-order valence-electron chi connectivity index (χ3n) is 5.20. The van der Waals surface area contributed by atoms with Crippen LogP contribution in [0.4, 0.5) is 5.69 Å². The summed E-state index contributed by atoms with van der Waals surface area (Å²) in [5.74, 6) is -0.464. The van der Waals surface area contributed by atoms with E-state index in [4.69, 9.17) is 0 Å². The van der Waals surface area contributed by atoms with Crippen LogP contribution >= 0.6 is 0 Å². The van der Waals surface area contributed by atoms with Crippen LogP contribution in [-0.4, -0.2) is 22.8 Å². The minimum atomic E-state index is -0.252. The highest BCUT2D eigenvalue weighted by Gasteiger charge is 2.18. The fraction of sp³-hybridized carbons (Fsp3) is 0.435. The number of aromatic nitrogens is 1. The largest absolute Gasteiger partial charge is 0.348 e. The molecule has 1 aromatic carbocycles. The van der Waals surface area contributed by atoms with Gasteiger partial charge in [-0.3, -0.25) is 14.6 Å². The molecule has 0 bridgehead atoms. The molecule has 0 spiro atoms. The summed E-state index contributed by atoms with van der Waals surface area (Å²) >= 11 is 0. The number of benzene rings is 1. The van der Waals surface area contributed by atoms with E-state index >= 15 is 0 Å². The Balaban J connectivity index is 1.65. The van der Waals surface area contributed by atoms with Gasteiger partial charge in [0.25, 0.3) is 11.8 Å². The summed E-state index contributed by atoms with van der Waals surface area (Å²) in [4.78, 5) is 29.2.